The summed E-state index contributed by atoms with van der Waals surface area (Å²) in [4.78, 5) is 8.75. The smallest absolute Gasteiger partial charge is 0.214 e. The lowest BCUT2D eigenvalue weighted by molar-refractivity contribution is 0.201. The Kier molecular flexibility index (Phi) is 7.44. The van der Waals surface area contributed by atoms with Gasteiger partial charge in [-0.1, -0.05) is 6.08 Å². The molecule has 0 bridgehead atoms. The molecule has 2 N–H and O–H groups in total. The number of imidazole rings is 1. The molecule has 1 aromatic rings. The number of fused-ring (bicyclic) bond motifs is 1. The minimum absolute atomic E-state index is 0. The predicted molar refractivity (Wildman–Crippen MR) is 91.5 cm³/mol. The minimum atomic E-state index is 0. The summed E-state index contributed by atoms with van der Waals surface area (Å²) in [6.07, 6.45) is 10.9. The van der Waals surface area contributed by atoms with Crippen LogP contribution >= 0.6 is 24.8 Å². The summed E-state index contributed by atoms with van der Waals surface area (Å²) < 4.78 is 6.97. The van der Waals surface area contributed by atoms with E-state index in [1.165, 1.54) is 12.0 Å². The number of aliphatic imine (C=N–C) groups is 1. The first-order chi connectivity index (χ1) is 9.88. The normalized spacial score (nSPS) is 16.4. The number of methoxy groups -OCH3 is 1. The number of hydrogen-bond donors (Lipinski definition) is 2. The van der Waals surface area contributed by atoms with Crippen LogP contribution in [-0.4, -0.2) is 35.8 Å². The topological polar surface area (TPSA) is 63.5 Å². The summed E-state index contributed by atoms with van der Waals surface area (Å²) in [5.41, 5.74) is 2.42. The fourth-order valence-corrected chi connectivity index (χ4v) is 2.40. The van der Waals surface area contributed by atoms with Gasteiger partial charge in [0.15, 0.2) is 0 Å². The van der Waals surface area contributed by atoms with Crippen molar-refractivity contribution in [2.75, 3.05) is 20.3 Å². The zero-order valence-corrected chi connectivity index (χ0v) is 14.0. The standard InChI is InChI=1S/C14H19N5O.2ClH/c1-20-9-7-16-13-11-4-2-3-5-12(11)17-14(18-13)19-8-6-15-10-19;;/h5-6,8,10,16H,2-4,7,9H2,1H3,(H,17,18);2*1H. The van der Waals surface area contributed by atoms with E-state index in [1.807, 2.05) is 10.8 Å². The monoisotopic (exact) mass is 345 g/mol. The van der Waals surface area contributed by atoms with Gasteiger partial charge in [-0.2, -0.15) is 4.99 Å². The third-order valence-electron chi connectivity index (χ3n) is 3.40. The molecule has 0 radical (unpaired) electrons. The molecule has 0 saturated heterocycles. The Bertz CT molecular complexity index is 566. The molecule has 0 unspecified atom stereocenters. The number of aromatic nitrogens is 2. The summed E-state index contributed by atoms with van der Waals surface area (Å²) >= 11 is 0. The molecule has 122 valence electrons. The molecule has 8 heteroatoms. The lowest BCUT2D eigenvalue weighted by atomic mass is 9.97. The highest BCUT2D eigenvalue weighted by molar-refractivity contribution is 5.87. The van der Waals surface area contributed by atoms with E-state index in [4.69, 9.17) is 4.74 Å². The highest BCUT2D eigenvalue weighted by Crippen LogP contribution is 2.27. The van der Waals surface area contributed by atoms with Gasteiger partial charge >= 0.3 is 0 Å². The predicted octanol–water partition coefficient (Wildman–Crippen LogP) is 2.05. The minimum Gasteiger partial charge on any atom is -0.383 e. The number of rotatable bonds is 4. The van der Waals surface area contributed by atoms with Crippen molar-refractivity contribution < 1.29 is 4.74 Å². The molecule has 1 aliphatic carbocycles. The molecule has 2 aliphatic rings. The molecule has 1 aliphatic heterocycles. The summed E-state index contributed by atoms with van der Waals surface area (Å²) in [6, 6.07) is 0. The van der Waals surface area contributed by atoms with E-state index in [0.29, 0.717) is 6.61 Å². The first kappa shape index (κ1) is 18.5. The van der Waals surface area contributed by atoms with E-state index < -0.39 is 0 Å². The van der Waals surface area contributed by atoms with Gasteiger partial charge in [0.2, 0.25) is 5.96 Å². The van der Waals surface area contributed by atoms with Crippen molar-refractivity contribution in [3.63, 3.8) is 0 Å². The molecule has 0 aromatic carbocycles. The van der Waals surface area contributed by atoms with Gasteiger partial charge in [-0.15, -0.1) is 24.8 Å². The Balaban J connectivity index is 0.00000121. The van der Waals surface area contributed by atoms with Gasteiger partial charge in [-0.3, -0.25) is 4.57 Å². The van der Waals surface area contributed by atoms with E-state index >= 15 is 0 Å². The third kappa shape index (κ3) is 4.03. The zero-order chi connectivity index (χ0) is 13.8. The molecule has 22 heavy (non-hydrogen) atoms. The van der Waals surface area contributed by atoms with Crippen LogP contribution in [0.5, 0.6) is 0 Å². The fraction of sp³-hybridized carbons (Fsp3) is 0.429. The van der Waals surface area contributed by atoms with E-state index in [1.54, 1.807) is 19.6 Å². The van der Waals surface area contributed by atoms with Crippen molar-refractivity contribution in [1.82, 2.24) is 20.2 Å². The maximum atomic E-state index is 5.09. The number of ether oxygens (including phenoxy) is 1. The first-order valence-corrected chi connectivity index (χ1v) is 6.89. The van der Waals surface area contributed by atoms with Crippen LogP contribution in [0.2, 0.25) is 0 Å². The van der Waals surface area contributed by atoms with Crippen LogP contribution in [0.4, 0.5) is 0 Å². The number of nitrogens with zero attached hydrogens (tertiary/aromatic N) is 3. The van der Waals surface area contributed by atoms with Crippen molar-refractivity contribution in [1.29, 1.82) is 0 Å². The molecule has 0 fully saturated rings. The first-order valence-electron chi connectivity index (χ1n) is 6.89. The molecular formula is C14H21Cl2N5O. The Morgan fingerprint density at radius 1 is 1.41 bits per heavy atom. The number of halogens is 2. The van der Waals surface area contributed by atoms with E-state index in [9.17, 15) is 0 Å². The van der Waals surface area contributed by atoms with Crippen molar-refractivity contribution in [2.45, 2.75) is 19.3 Å². The van der Waals surface area contributed by atoms with Crippen LogP contribution in [0.3, 0.4) is 0 Å². The second-order valence-electron chi connectivity index (χ2n) is 4.79. The van der Waals surface area contributed by atoms with Crippen LogP contribution < -0.4 is 10.6 Å². The fourth-order valence-electron chi connectivity index (χ4n) is 2.40. The van der Waals surface area contributed by atoms with E-state index in [-0.39, 0.29) is 24.8 Å². The van der Waals surface area contributed by atoms with Gasteiger partial charge in [-0.25, -0.2) is 4.98 Å². The summed E-state index contributed by atoms with van der Waals surface area (Å²) in [7, 11) is 1.70. The van der Waals surface area contributed by atoms with Gasteiger partial charge < -0.3 is 15.4 Å². The highest BCUT2D eigenvalue weighted by Gasteiger charge is 2.21. The van der Waals surface area contributed by atoms with E-state index in [2.05, 4.69) is 26.7 Å². The Morgan fingerprint density at radius 2 is 2.27 bits per heavy atom. The lowest BCUT2D eigenvalue weighted by Crippen LogP contribution is -2.36. The number of allylic oxidation sites excluding steroid dienone is 2. The van der Waals surface area contributed by atoms with Crippen LogP contribution in [0.15, 0.2) is 46.9 Å². The quantitative estimate of drug-likeness (QED) is 0.819. The van der Waals surface area contributed by atoms with Gasteiger partial charge in [0.1, 0.15) is 12.1 Å². The largest absolute Gasteiger partial charge is 0.383 e. The summed E-state index contributed by atoms with van der Waals surface area (Å²) in [5, 5.41) is 6.75. The average Bonchev–Trinajstić information content (AvgIpc) is 3.01. The van der Waals surface area contributed by atoms with E-state index in [0.717, 1.165) is 36.9 Å². The molecule has 3 rings (SSSR count). The average molecular weight is 346 g/mol. The zero-order valence-electron chi connectivity index (χ0n) is 12.4. The number of hydrogen-bond acceptors (Lipinski definition) is 5. The molecular weight excluding hydrogens is 325 g/mol. The molecule has 1 aromatic heterocycles. The van der Waals surface area contributed by atoms with Crippen LogP contribution in [0.25, 0.3) is 0 Å². The van der Waals surface area contributed by atoms with Crippen LogP contribution in [-0.2, 0) is 4.74 Å². The highest BCUT2D eigenvalue weighted by atomic mass is 35.5. The van der Waals surface area contributed by atoms with Crippen molar-refractivity contribution in [3.05, 3.63) is 41.9 Å². The van der Waals surface area contributed by atoms with Gasteiger partial charge in [0.25, 0.3) is 0 Å². The van der Waals surface area contributed by atoms with Gasteiger partial charge in [0, 0.05) is 37.3 Å². The summed E-state index contributed by atoms with van der Waals surface area (Å²) in [5.74, 6) is 1.72. The van der Waals surface area contributed by atoms with Crippen LogP contribution in [0, 0.1) is 0 Å². The van der Waals surface area contributed by atoms with Crippen molar-refractivity contribution in [3.8, 4) is 0 Å². The molecule has 0 amide bonds. The van der Waals surface area contributed by atoms with Crippen LogP contribution in [0.1, 0.15) is 19.3 Å². The van der Waals surface area contributed by atoms with Gasteiger partial charge in [-0.05, 0) is 19.3 Å². The Labute approximate surface area is 142 Å². The Morgan fingerprint density at radius 3 is 3.00 bits per heavy atom. The maximum Gasteiger partial charge on any atom is 0.214 e. The molecule has 0 spiro atoms. The summed E-state index contributed by atoms with van der Waals surface area (Å²) in [6.45, 7) is 1.42. The maximum absolute atomic E-state index is 5.09. The molecule has 0 saturated carbocycles. The van der Waals surface area contributed by atoms with Crippen molar-refractivity contribution in [2.24, 2.45) is 4.99 Å². The van der Waals surface area contributed by atoms with Crippen molar-refractivity contribution >= 4 is 30.8 Å². The Hall–Kier alpha value is -1.50. The number of nitrogens with one attached hydrogen (secondary N) is 2. The molecule has 2 heterocycles. The molecule has 0 atom stereocenters. The SMILES string of the molecule is COCCNC1=C2CCCC=C2NC(n2ccnc2)=N1.Cl.Cl. The second-order valence-corrected chi connectivity index (χ2v) is 4.79. The third-order valence-corrected chi connectivity index (χ3v) is 3.40. The lowest BCUT2D eigenvalue weighted by Gasteiger charge is -2.26. The molecule has 6 nitrogen and oxygen atoms in total. The second kappa shape index (κ2) is 8.82. The van der Waals surface area contributed by atoms with Gasteiger partial charge in [0.05, 0.1) is 6.61 Å².